The van der Waals surface area contributed by atoms with Crippen molar-refractivity contribution in [2.24, 2.45) is 0 Å². The van der Waals surface area contributed by atoms with E-state index in [0.29, 0.717) is 0 Å². The fourth-order valence-electron chi connectivity index (χ4n) is 2.16. The van der Waals surface area contributed by atoms with Crippen molar-refractivity contribution in [1.82, 2.24) is 0 Å². The van der Waals surface area contributed by atoms with Crippen molar-refractivity contribution in [2.45, 2.75) is 10.3 Å². The lowest BCUT2D eigenvalue weighted by atomic mass is 10.2. The smallest absolute Gasteiger partial charge is 0.269 e. The fourth-order valence-corrected chi connectivity index (χ4v) is 3.33. The third-order valence-corrected chi connectivity index (χ3v) is 4.45. The molecule has 0 aromatic heterocycles. The van der Waals surface area contributed by atoms with Gasteiger partial charge < -0.3 is 14.8 Å². The van der Waals surface area contributed by atoms with Gasteiger partial charge in [-0.3, -0.25) is 10.1 Å². The molecule has 0 bridgehead atoms. The van der Waals surface area contributed by atoms with Crippen LogP contribution in [0, 0.1) is 10.1 Å². The summed E-state index contributed by atoms with van der Waals surface area (Å²) in [5.41, 5.74) is 2.11. The molecule has 1 heterocycles. The highest BCUT2D eigenvalue weighted by Crippen LogP contribution is 2.47. The second-order valence-electron chi connectivity index (χ2n) is 4.70. The van der Waals surface area contributed by atoms with E-state index in [9.17, 15) is 10.1 Å². The van der Waals surface area contributed by atoms with Gasteiger partial charge >= 0.3 is 0 Å². The molecule has 0 aliphatic carbocycles. The van der Waals surface area contributed by atoms with E-state index < -0.39 is 4.92 Å². The van der Waals surface area contributed by atoms with E-state index in [1.165, 1.54) is 12.1 Å². The Labute approximate surface area is 131 Å². The van der Waals surface area contributed by atoms with Gasteiger partial charge in [0.05, 0.1) is 4.92 Å². The van der Waals surface area contributed by atoms with Crippen molar-refractivity contribution in [3.05, 3.63) is 58.1 Å². The van der Waals surface area contributed by atoms with E-state index in [1.54, 1.807) is 31.0 Å². The summed E-state index contributed by atoms with van der Waals surface area (Å²) >= 11 is 1.65. The number of rotatable bonds is 5. The van der Waals surface area contributed by atoms with Crippen LogP contribution in [0.15, 0.2) is 47.4 Å². The Morgan fingerprint density at radius 2 is 2.05 bits per heavy atom. The van der Waals surface area contributed by atoms with Gasteiger partial charge in [-0.15, -0.1) is 0 Å². The molecule has 0 fully saturated rings. The lowest BCUT2D eigenvalue weighted by Gasteiger charge is -2.10. The molecule has 6 nitrogen and oxygen atoms in total. The highest BCUT2D eigenvalue weighted by atomic mass is 32.2. The maximum atomic E-state index is 10.7. The number of nitro benzene ring substituents is 1. The van der Waals surface area contributed by atoms with Crippen LogP contribution in [0.25, 0.3) is 0 Å². The summed E-state index contributed by atoms with van der Waals surface area (Å²) in [5.74, 6) is 0.749. The van der Waals surface area contributed by atoms with Crippen LogP contribution in [0.2, 0.25) is 0 Å². The number of fused-ring (bicyclic) bond motifs is 1. The first-order chi connectivity index (χ1) is 10.7. The second kappa shape index (κ2) is 6.25. The number of thioether (sulfide) groups is 1. The number of non-ortho nitro benzene ring substituents is 1. The van der Waals surface area contributed by atoms with E-state index in [0.717, 1.165) is 21.9 Å². The van der Waals surface area contributed by atoms with Crippen molar-refractivity contribution < 1.29 is 14.4 Å². The van der Waals surface area contributed by atoms with Gasteiger partial charge in [-0.2, -0.15) is 0 Å². The minimum absolute atomic E-state index is 0.0356. The molecule has 1 aliphatic heterocycles. The predicted molar refractivity (Wildman–Crippen MR) is 84.3 cm³/mol. The number of nitro groups is 1. The van der Waals surface area contributed by atoms with Gasteiger partial charge in [0, 0.05) is 29.8 Å². The maximum Gasteiger partial charge on any atom is 0.269 e. The summed E-state index contributed by atoms with van der Waals surface area (Å²) in [6.07, 6.45) is 0. The molecule has 3 rings (SSSR count). The van der Waals surface area contributed by atoms with E-state index in [-0.39, 0.29) is 17.9 Å². The molecule has 0 spiro atoms. The summed E-state index contributed by atoms with van der Waals surface area (Å²) in [7, 11) is 1.58. The lowest BCUT2D eigenvalue weighted by molar-refractivity contribution is -0.384. The normalized spacial score (nSPS) is 16.0. The van der Waals surface area contributed by atoms with Gasteiger partial charge in [0.25, 0.3) is 5.69 Å². The molecule has 0 radical (unpaired) electrons. The van der Waals surface area contributed by atoms with Crippen LogP contribution in [0.1, 0.15) is 10.9 Å². The van der Waals surface area contributed by atoms with Crippen molar-refractivity contribution in [3.8, 4) is 5.75 Å². The molecule has 0 saturated carbocycles. The average molecular weight is 318 g/mol. The van der Waals surface area contributed by atoms with Gasteiger partial charge in [-0.25, -0.2) is 0 Å². The first-order valence-electron chi connectivity index (χ1n) is 6.61. The lowest BCUT2D eigenvalue weighted by Crippen LogP contribution is -2.01. The molecule has 1 N–H and O–H groups in total. The number of nitrogens with one attached hydrogen (secondary N) is 1. The molecule has 2 aromatic carbocycles. The van der Waals surface area contributed by atoms with Gasteiger partial charge in [0.2, 0.25) is 0 Å². The number of ether oxygens (including phenoxy) is 2. The van der Waals surface area contributed by atoms with E-state index >= 15 is 0 Å². The zero-order valence-electron chi connectivity index (χ0n) is 11.8. The van der Waals surface area contributed by atoms with Gasteiger partial charge in [0.1, 0.15) is 11.1 Å². The summed E-state index contributed by atoms with van der Waals surface area (Å²) in [6, 6.07) is 12.4. The van der Waals surface area contributed by atoms with Crippen molar-refractivity contribution in [1.29, 1.82) is 0 Å². The molecule has 1 aliphatic rings. The van der Waals surface area contributed by atoms with Gasteiger partial charge in [-0.1, -0.05) is 11.8 Å². The quantitative estimate of drug-likeness (QED) is 0.513. The summed E-state index contributed by atoms with van der Waals surface area (Å²) in [6.45, 7) is 0.211. The Kier molecular flexibility index (Phi) is 4.17. The molecule has 1 atom stereocenters. The van der Waals surface area contributed by atoms with Crippen LogP contribution < -0.4 is 10.1 Å². The highest BCUT2D eigenvalue weighted by Gasteiger charge is 2.23. The van der Waals surface area contributed by atoms with E-state index in [4.69, 9.17) is 9.47 Å². The number of nitrogens with zero attached hydrogens (tertiary/aromatic N) is 1. The third kappa shape index (κ3) is 3.00. The zero-order valence-corrected chi connectivity index (χ0v) is 12.6. The number of benzene rings is 2. The average Bonchev–Trinajstić information content (AvgIpc) is 2.96. The molecular formula is C15H14N2O4S. The summed E-state index contributed by atoms with van der Waals surface area (Å²) < 4.78 is 10.3. The van der Waals surface area contributed by atoms with E-state index in [2.05, 4.69) is 5.32 Å². The van der Waals surface area contributed by atoms with Gasteiger partial charge in [-0.05, 0) is 35.9 Å². The monoisotopic (exact) mass is 318 g/mol. The van der Waals surface area contributed by atoms with Crippen LogP contribution in [0.5, 0.6) is 5.75 Å². The Hall–Kier alpha value is -2.25. The van der Waals surface area contributed by atoms with Crippen LogP contribution in [-0.2, 0) is 4.74 Å². The number of anilines is 1. The SMILES string of the molecule is COCOc1ccc2c(c1)SC(c1ccc([N+](=O)[O-])cc1)N2. The standard InChI is InChI=1S/C15H14N2O4S/c1-20-9-21-12-6-7-13-14(8-12)22-15(16-13)10-2-4-11(5-3-10)17(18)19/h2-8,15-16H,9H2,1H3. The predicted octanol–water partition coefficient (Wildman–Crippen LogP) is 3.79. The van der Waals surface area contributed by atoms with Crippen molar-refractivity contribution >= 4 is 23.1 Å². The minimum atomic E-state index is -0.396. The molecule has 22 heavy (non-hydrogen) atoms. The first kappa shape index (κ1) is 14.7. The van der Waals surface area contributed by atoms with Crippen LogP contribution in [0.4, 0.5) is 11.4 Å². The number of hydrogen-bond donors (Lipinski definition) is 1. The third-order valence-electron chi connectivity index (χ3n) is 3.23. The van der Waals surface area contributed by atoms with Crippen molar-refractivity contribution in [2.75, 3.05) is 19.2 Å². The first-order valence-corrected chi connectivity index (χ1v) is 7.48. The van der Waals surface area contributed by atoms with Crippen LogP contribution in [-0.4, -0.2) is 18.8 Å². The molecule has 1 unspecified atom stereocenters. The molecule has 0 amide bonds. The molecular weight excluding hydrogens is 304 g/mol. The Morgan fingerprint density at radius 3 is 2.73 bits per heavy atom. The van der Waals surface area contributed by atoms with E-state index in [1.807, 2.05) is 18.2 Å². The Bertz CT molecular complexity index is 690. The zero-order chi connectivity index (χ0) is 15.5. The Morgan fingerprint density at radius 1 is 1.27 bits per heavy atom. The van der Waals surface area contributed by atoms with Gasteiger partial charge in [0.15, 0.2) is 6.79 Å². The largest absolute Gasteiger partial charge is 0.468 e. The summed E-state index contributed by atoms with van der Waals surface area (Å²) in [4.78, 5) is 11.4. The molecule has 114 valence electrons. The number of hydrogen-bond acceptors (Lipinski definition) is 6. The second-order valence-corrected chi connectivity index (χ2v) is 5.85. The van der Waals surface area contributed by atoms with Crippen LogP contribution in [0.3, 0.4) is 0 Å². The molecule has 2 aromatic rings. The molecule has 7 heteroatoms. The molecule has 0 saturated heterocycles. The Balaban J connectivity index is 1.74. The summed E-state index contributed by atoms with van der Waals surface area (Å²) in [5, 5.41) is 14.1. The van der Waals surface area contributed by atoms with Crippen molar-refractivity contribution in [3.63, 3.8) is 0 Å². The maximum absolute atomic E-state index is 10.7. The topological polar surface area (TPSA) is 73.6 Å². The van der Waals surface area contributed by atoms with Crippen LogP contribution >= 0.6 is 11.8 Å². The highest BCUT2D eigenvalue weighted by molar-refractivity contribution is 8.00. The fraction of sp³-hybridized carbons (Fsp3) is 0.200. The number of methoxy groups -OCH3 is 1. The minimum Gasteiger partial charge on any atom is -0.468 e.